The number of para-hydroxylation sites is 1. The molecule has 6 heteroatoms. The predicted molar refractivity (Wildman–Crippen MR) is 125 cm³/mol. The van der Waals surface area contributed by atoms with Crippen molar-refractivity contribution in [1.29, 1.82) is 0 Å². The minimum absolute atomic E-state index is 0.0332. The van der Waals surface area contributed by atoms with Crippen LogP contribution in [0.25, 0.3) is 0 Å². The van der Waals surface area contributed by atoms with E-state index in [4.69, 9.17) is 4.74 Å². The first-order chi connectivity index (χ1) is 14.8. The standard InChI is InChI=1S/C26H35FN2O3/c1-18(24(31)28-26(5,6)7)29(16-19-12-8-10-14-21(19)27)23(30)17-32-22-15-11-9-13-20(22)25(2,3)4/h8-15,18H,16-17H2,1-7H3,(H,28,31)/t18-/m1/s1. The van der Waals surface area contributed by atoms with Crippen LogP contribution in [0.1, 0.15) is 59.6 Å². The highest BCUT2D eigenvalue weighted by atomic mass is 19.1. The first-order valence-corrected chi connectivity index (χ1v) is 10.9. The molecule has 1 atom stereocenters. The van der Waals surface area contributed by atoms with E-state index in [2.05, 4.69) is 26.1 Å². The molecule has 0 bridgehead atoms. The van der Waals surface area contributed by atoms with E-state index in [1.54, 1.807) is 25.1 Å². The van der Waals surface area contributed by atoms with Crippen LogP contribution in [0.2, 0.25) is 0 Å². The number of hydrogen-bond donors (Lipinski definition) is 1. The zero-order valence-corrected chi connectivity index (χ0v) is 20.2. The van der Waals surface area contributed by atoms with Crippen LogP contribution in [0.3, 0.4) is 0 Å². The molecule has 2 aromatic carbocycles. The highest BCUT2D eigenvalue weighted by Gasteiger charge is 2.29. The lowest BCUT2D eigenvalue weighted by Gasteiger charge is -2.31. The van der Waals surface area contributed by atoms with Gasteiger partial charge in [-0.25, -0.2) is 4.39 Å². The van der Waals surface area contributed by atoms with Crippen molar-refractivity contribution >= 4 is 11.8 Å². The lowest BCUT2D eigenvalue weighted by molar-refractivity contribution is -0.142. The van der Waals surface area contributed by atoms with Crippen LogP contribution in [-0.4, -0.2) is 34.9 Å². The van der Waals surface area contributed by atoms with Gasteiger partial charge in [0.25, 0.3) is 5.91 Å². The number of hydrogen-bond acceptors (Lipinski definition) is 3. The summed E-state index contributed by atoms with van der Waals surface area (Å²) in [5.74, 6) is -0.510. The Balaban J connectivity index is 2.26. The molecule has 0 saturated carbocycles. The molecule has 0 aliphatic rings. The number of carbonyl (C=O) groups excluding carboxylic acids is 2. The third-order valence-electron chi connectivity index (χ3n) is 5.01. The molecule has 0 radical (unpaired) electrons. The van der Waals surface area contributed by atoms with Gasteiger partial charge in [0.15, 0.2) is 6.61 Å². The highest BCUT2D eigenvalue weighted by Crippen LogP contribution is 2.31. The molecule has 0 aliphatic heterocycles. The summed E-state index contributed by atoms with van der Waals surface area (Å²) in [6.45, 7) is 13.2. The van der Waals surface area contributed by atoms with Crippen molar-refractivity contribution in [3.05, 3.63) is 65.5 Å². The Morgan fingerprint density at radius 1 is 1.00 bits per heavy atom. The lowest BCUT2D eigenvalue weighted by Crippen LogP contribution is -2.53. The first-order valence-electron chi connectivity index (χ1n) is 10.9. The summed E-state index contributed by atoms with van der Waals surface area (Å²) < 4.78 is 20.2. The maximum absolute atomic E-state index is 14.3. The number of rotatable bonds is 7. The van der Waals surface area contributed by atoms with Crippen LogP contribution in [0, 0.1) is 5.82 Å². The molecule has 0 aliphatic carbocycles. The van der Waals surface area contributed by atoms with E-state index in [0.29, 0.717) is 11.3 Å². The second kappa shape index (κ2) is 10.2. The van der Waals surface area contributed by atoms with Gasteiger partial charge in [0, 0.05) is 17.6 Å². The van der Waals surface area contributed by atoms with E-state index in [1.807, 2.05) is 45.0 Å². The van der Waals surface area contributed by atoms with Crippen molar-refractivity contribution in [2.24, 2.45) is 0 Å². The van der Waals surface area contributed by atoms with Crippen molar-refractivity contribution in [2.45, 2.75) is 72.0 Å². The molecule has 0 aromatic heterocycles. The summed E-state index contributed by atoms with van der Waals surface area (Å²) in [4.78, 5) is 27.4. The number of carbonyl (C=O) groups is 2. The van der Waals surface area contributed by atoms with Gasteiger partial charge in [-0.2, -0.15) is 0 Å². The summed E-state index contributed by atoms with van der Waals surface area (Å²) in [7, 11) is 0. The number of benzene rings is 2. The molecule has 0 spiro atoms. The van der Waals surface area contributed by atoms with Crippen LogP contribution in [0.15, 0.2) is 48.5 Å². The molecule has 32 heavy (non-hydrogen) atoms. The number of ether oxygens (including phenoxy) is 1. The van der Waals surface area contributed by atoms with Crippen molar-refractivity contribution in [3.8, 4) is 5.75 Å². The molecule has 174 valence electrons. The molecule has 2 aromatic rings. The minimum atomic E-state index is -0.803. The number of nitrogens with zero attached hydrogens (tertiary/aromatic N) is 1. The fourth-order valence-electron chi connectivity index (χ4n) is 3.30. The molecule has 2 amide bonds. The Labute approximate surface area is 191 Å². The van der Waals surface area contributed by atoms with Gasteiger partial charge in [-0.1, -0.05) is 57.2 Å². The molecular formula is C26H35FN2O3. The summed E-state index contributed by atoms with van der Waals surface area (Å²) in [6.07, 6.45) is 0. The summed E-state index contributed by atoms with van der Waals surface area (Å²) in [5, 5.41) is 2.89. The van der Waals surface area contributed by atoms with Gasteiger partial charge in [0.1, 0.15) is 17.6 Å². The van der Waals surface area contributed by atoms with Gasteiger partial charge in [0.05, 0.1) is 0 Å². The molecule has 2 rings (SSSR count). The number of halogens is 1. The van der Waals surface area contributed by atoms with Crippen molar-refractivity contribution in [1.82, 2.24) is 10.2 Å². The fraction of sp³-hybridized carbons (Fsp3) is 0.462. The van der Waals surface area contributed by atoms with E-state index in [1.165, 1.54) is 11.0 Å². The van der Waals surface area contributed by atoms with Crippen LogP contribution < -0.4 is 10.1 Å². The lowest BCUT2D eigenvalue weighted by atomic mass is 9.86. The van der Waals surface area contributed by atoms with Gasteiger partial charge in [-0.3, -0.25) is 9.59 Å². The number of amides is 2. The topological polar surface area (TPSA) is 58.6 Å². The molecule has 0 unspecified atom stereocenters. The van der Waals surface area contributed by atoms with Crippen molar-refractivity contribution in [3.63, 3.8) is 0 Å². The maximum atomic E-state index is 14.3. The van der Waals surface area contributed by atoms with Gasteiger partial charge in [-0.05, 0) is 50.8 Å². The van der Waals surface area contributed by atoms with Gasteiger partial charge < -0.3 is 15.0 Å². The van der Waals surface area contributed by atoms with Crippen LogP contribution >= 0.6 is 0 Å². The van der Waals surface area contributed by atoms with E-state index in [0.717, 1.165) is 5.56 Å². The van der Waals surface area contributed by atoms with E-state index in [-0.39, 0.29) is 24.5 Å². The Hall–Kier alpha value is -2.89. The summed E-state index contributed by atoms with van der Waals surface area (Å²) in [5.41, 5.74) is 0.699. The van der Waals surface area contributed by atoms with Crippen LogP contribution in [-0.2, 0) is 21.5 Å². The first kappa shape index (κ1) is 25.4. The number of nitrogens with one attached hydrogen (secondary N) is 1. The normalized spacial score (nSPS) is 12.8. The second-order valence-corrected chi connectivity index (χ2v) is 10.1. The fourth-order valence-corrected chi connectivity index (χ4v) is 3.30. The SMILES string of the molecule is C[C@H](C(=O)NC(C)(C)C)N(Cc1ccccc1F)C(=O)COc1ccccc1C(C)(C)C. The zero-order chi connectivity index (χ0) is 24.1. The van der Waals surface area contributed by atoms with Crippen molar-refractivity contribution in [2.75, 3.05) is 6.61 Å². The monoisotopic (exact) mass is 442 g/mol. The zero-order valence-electron chi connectivity index (χ0n) is 20.2. The van der Waals surface area contributed by atoms with E-state index >= 15 is 0 Å². The largest absolute Gasteiger partial charge is 0.483 e. The van der Waals surface area contributed by atoms with Gasteiger partial charge in [-0.15, -0.1) is 0 Å². The molecular weight excluding hydrogens is 407 g/mol. The highest BCUT2D eigenvalue weighted by molar-refractivity contribution is 5.88. The van der Waals surface area contributed by atoms with Crippen molar-refractivity contribution < 1.29 is 18.7 Å². The Morgan fingerprint density at radius 3 is 2.19 bits per heavy atom. The van der Waals surface area contributed by atoms with Crippen LogP contribution in [0.5, 0.6) is 5.75 Å². The van der Waals surface area contributed by atoms with Gasteiger partial charge in [0.2, 0.25) is 5.91 Å². The summed E-state index contributed by atoms with van der Waals surface area (Å²) in [6, 6.07) is 13.0. The summed E-state index contributed by atoms with van der Waals surface area (Å²) >= 11 is 0. The Kier molecular flexibility index (Phi) is 8.05. The molecule has 5 nitrogen and oxygen atoms in total. The molecule has 1 N–H and O–H groups in total. The maximum Gasteiger partial charge on any atom is 0.261 e. The Morgan fingerprint density at radius 2 is 1.59 bits per heavy atom. The van der Waals surface area contributed by atoms with E-state index in [9.17, 15) is 14.0 Å². The predicted octanol–water partition coefficient (Wildman–Crippen LogP) is 4.83. The second-order valence-electron chi connectivity index (χ2n) is 10.1. The third-order valence-corrected chi connectivity index (χ3v) is 5.01. The van der Waals surface area contributed by atoms with E-state index < -0.39 is 23.3 Å². The Bertz CT molecular complexity index is 945. The third kappa shape index (κ3) is 7.08. The quantitative estimate of drug-likeness (QED) is 0.668. The minimum Gasteiger partial charge on any atom is -0.483 e. The molecule has 0 saturated heterocycles. The smallest absolute Gasteiger partial charge is 0.261 e. The molecule has 0 heterocycles. The van der Waals surface area contributed by atoms with Crippen LogP contribution in [0.4, 0.5) is 4.39 Å². The average Bonchev–Trinajstić information content (AvgIpc) is 2.69. The average molecular weight is 443 g/mol. The molecule has 0 fully saturated rings. The van der Waals surface area contributed by atoms with Gasteiger partial charge >= 0.3 is 0 Å².